The number of aryl methyl sites for hydroxylation is 2. The minimum atomic E-state index is -1.14. The number of carbonyl (C=O) groups excluding carboxylic acids is 2. The molecule has 0 bridgehead atoms. The number of nitrogen functional groups attached to an aromatic ring is 1. The maximum Gasteiger partial charge on any atom is 0.339 e. The fourth-order valence-electron chi connectivity index (χ4n) is 5.09. The van der Waals surface area contributed by atoms with Gasteiger partial charge in [0.05, 0.1) is 43.6 Å². The van der Waals surface area contributed by atoms with Gasteiger partial charge < -0.3 is 20.3 Å². The Hall–Kier alpha value is -4.82. The number of imidazole rings is 1. The number of piperidine rings is 1. The number of carbonyl (C=O) groups is 3. The molecule has 4 aromatic rings. The number of amides is 2. The van der Waals surface area contributed by atoms with Crippen LogP contribution in [0.1, 0.15) is 41.2 Å². The van der Waals surface area contributed by atoms with Crippen LogP contribution in [0.15, 0.2) is 47.7 Å². The second-order valence-electron chi connectivity index (χ2n) is 10.3. The number of anilines is 1. The number of hydrogen-bond acceptors (Lipinski definition) is 9. The van der Waals surface area contributed by atoms with Crippen LogP contribution in [0.3, 0.4) is 0 Å². The van der Waals surface area contributed by atoms with Gasteiger partial charge in [-0.3, -0.25) is 28.7 Å². The summed E-state index contributed by atoms with van der Waals surface area (Å²) >= 11 is 0. The van der Waals surface area contributed by atoms with Crippen LogP contribution in [0.5, 0.6) is 0 Å². The number of nitrogens with two attached hydrogens (primary N) is 1. The molecule has 0 saturated carbocycles. The number of imide groups is 1. The van der Waals surface area contributed by atoms with Gasteiger partial charge in [-0.1, -0.05) is 6.07 Å². The van der Waals surface area contributed by atoms with Crippen molar-refractivity contribution in [1.82, 2.24) is 29.2 Å². The lowest BCUT2D eigenvalue weighted by Crippen LogP contribution is -2.44. The van der Waals surface area contributed by atoms with E-state index in [0.29, 0.717) is 50.5 Å². The lowest BCUT2D eigenvalue weighted by Gasteiger charge is -2.21. The first-order valence-electron chi connectivity index (χ1n) is 13.9. The van der Waals surface area contributed by atoms with Gasteiger partial charge in [-0.25, -0.2) is 14.6 Å². The smallest absolute Gasteiger partial charge is 0.339 e. The standard InChI is InChI=1S/C29H33N7O7/c1-34-24-13-18(4-5-22(24)36(29(34)41)23-6-7-25(37)33-27(23)38)3-2-9-42-11-12-43-10-8-35-17-20(16-32-35)19-14-21(28(39)40)26(30)31-15-19/h4-5,13-17,23H,2-3,6-12H2,1H3,(H2,30,31)(H,39,40)(H,33,37,38). The molecule has 1 saturated heterocycles. The number of aromatic carboxylic acids is 1. The number of nitrogens with zero attached hydrogens (tertiary/aromatic N) is 5. The second kappa shape index (κ2) is 13.0. The molecule has 226 valence electrons. The van der Waals surface area contributed by atoms with Crippen LogP contribution >= 0.6 is 0 Å². The van der Waals surface area contributed by atoms with E-state index in [1.54, 1.807) is 24.1 Å². The predicted molar refractivity (Wildman–Crippen MR) is 155 cm³/mol. The lowest BCUT2D eigenvalue weighted by atomic mass is 10.1. The number of benzene rings is 1. The van der Waals surface area contributed by atoms with E-state index in [1.807, 2.05) is 18.2 Å². The molecule has 0 spiro atoms. The third-order valence-electron chi connectivity index (χ3n) is 7.38. The van der Waals surface area contributed by atoms with Crippen molar-refractivity contribution < 1.29 is 29.0 Å². The van der Waals surface area contributed by atoms with Crippen molar-refractivity contribution in [3.05, 3.63) is 64.5 Å². The number of aromatic nitrogens is 5. The highest BCUT2D eigenvalue weighted by molar-refractivity contribution is 6.00. The molecule has 0 aliphatic carbocycles. The highest BCUT2D eigenvalue weighted by Crippen LogP contribution is 2.24. The molecule has 1 aromatic carbocycles. The van der Waals surface area contributed by atoms with Crippen molar-refractivity contribution in [2.24, 2.45) is 7.05 Å². The molecule has 1 aliphatic rings. The maximum absolute atomic E-state index is 12.9. The molecule has 14 nitrogen and oxygen atoms in total. The van der Waals surface area contributed by atoms with Crippen LogP contribution in [0.4, 0.5) is 5.82 Å². The molecule has 43 heavy (non-hydrogen) atoms. The van der Waals surface area contributed by atoms with Gasteiger partial charge in [0.25, 0.3) is 0 Å². The average Bonchev–Trinajstić information content (AvgIpc) is 3.55. The molecule has 2 amide bonds. The van der Waals surface area contributed by atoms with Gasteiger partial charge in [-0.2, -0.15) is 5.10 Å². The number of nitrogens with one attached hydrogen (secondary N) is 1. The van der Waals surface area contributed by atoms with E-state index in [1.165, 1.54) is 21.4 Å². The molecule has 3 aromatic heterocycles. The summed E-state index contributed by atoms with van der Waals surface area (Å²) in [5.41, 5.74) is 9.08. The highest BCUT2D eigenvalue weighted by Gasteiger charge is 2.31. The summed E-state index contributed by atoms with van der Waals surface area (Å²) in [6, 6.07) is 6.53. The largest absolute Gasteiger partial charge is 0.478 e. The van der Waals surface area contributed by atoms with Crippen molar-refractivity contribution >= 4 is 34.6 Å². The van der Waals surface area contributed by atoms with Crippen molar-refractivity contribution in [1.29, 1.82) is 0 Å². The predicted octanol–water partition coefficient (Wildman–Crippen LogP) is 1.52. The molecule has 1 fully saturated rings. The zero-order chi connectivity index (χ0) is 30.5. The number of carboxylic acid groups (broad SMARTS) is 1. The Bertz CT molecular complexity index is 1720. The van der Waals surface area contributed by atoms with Gasteiger partial charge in [-0.05, 0) is 43.0 Å². The normalized spacial score (nSPS) is 15.2. The van der Waals surface area contributed by atoms with Crippen LogP contribution in [0.25, 0.3) is 22.2 Å². The fourth-order valence-corrected chi connectivity index (χ4v) is 5.09. The molecule has 4 N–H and O–H groups in total. The Kier molecular flexibility index (Phi) is 8.97. The SMILES string of the molecule is Cn1c(=O)n(C2CCC(=O)NC2=O)c2ccc(CCCOCCOCCn3cc(-c4cnc(N)c(C(=O)O)c4)cn3)cc21. The molecule has 1 atom stereocenters. The van der Waals surface area contributed by atoms with Gasteiger partial charge in [0.2, 0.25) is 11.8 Å². The first kappa shape index (κ1) is 29.7. The van der Waals surface area contributed by atoms with Gasteiger partial charge in [-0.15, -0.1) is 0 Å². The minimum Gasteiger partial charge on any atom is -0.478 e. The van der Waals surface area contributed by atoms with Crippen molar-refractivity contribution in [3.8, 4) is 11.1 Å². The van der Waals surface area contributed by atoms with Gasteiger partial charge in [0, 0.05) is 43.6 Å². The van der Waals surface area contributed by atoms with E-state index in [-0.39, 0.29) is 29.4 Å². The summed E-state index contributed by atoms with van der Waals surface area (Å²) in [5, 5.41) is 15.8. The van der Waals surface area contributed by atoms with Crippen LogP contribution in [0, 0.1) is 0 Å². The molecule has 14 heteroatoms. The lowest BCUT2D eigenvalue weighted by molar-refractivity contribution is -0.135. The summed E-state index contributed by atoms with van der Waals surface area (Å²) in [6.07, 6.45) is 6.98. The Morgan fingerprint density at radius 2 is 1.86 bits per heavy atom. The number of hydrogen-bond donors (Lipinski definition) is 3. The zero-order valence-corrected chi connectivity index (χ0v) is 23.7. The van der Waals surface area contributed by atoms with E-state index in [4.69, 9.17) is 15.2 Å². The Morgan fingerprint density at radius 3 is 2.63 bits per heavy atom. The molecule has 5 rings (SSSR count). The maximum atomic E-state index is 12.9. The summed E-state index contributed by atoms with van der Waals surface area (Å²) in [5.74, 6) is -1.93. The molecule has 0 radical (unpaired) electrons. The Labute approximate surface area is 246 Å². The number of ether oxygens (including phenoxy) is 2. The second-order valence-corrected chi connectivity index (χ2v) is 10.3. The van der Waals surface area contributed by atoms with Crippen molar-refractivity contribution in [2.45, 2.75) is 38.3 Å². The Morgan fingerprint density at radius 1 is 1.07 bits per heavy atom. The number of pyridine rings is 1. The average molecular weight is 592 g/mol. The van der Waals surface area contributed by atoms with E-state index >= 15 is 0 Å². The van der Waals surface area contributed by atoms with Gasteiger partial charge >= 0.3 is 11.7 Å². The van der Waals surface area contributed by atoms with Crippen LogP contribution in [-0.2, 0) is 39.1 Å². The third kappa shape index (κ3) is 6.65. The molecule has 4 heterocycles. The monoisotopic (exact) mass is 591 g/mol. The summed E-state index contributed by atoms with van der Waals surface area (Å²) in [6.45, 7) is 2.38. The van der Waals surface area contributed by atoms with Gasteiger partial charge in [0.15, 0.2) is 0 Å². The number of rotatable bonds is 13. The van der Waals surface area contributed by atoms with Crippen molar-refractivity contribution in [2.75, 3.05) is 32.2 Å². The topological polar surface area (TPSA) is 186 Å². The number of fused-ring (bicyclic) bond motifs is 1. The zero-order valence-electron chi connectivity index (χ0n) is 23.7. The highest BCUT2D eigenvalue weighted by atomic mass is 16.5. The molecule has 1 aliphatic heterocycles. The Balaban J connectivity index is 1.02. The summed E-state index contributed by atoms with van der Waals surface area (Å²) < 4.78 is 16.1. The van der Waals surface area contributed by atoms with Crippen molar-refractivity contribution in [3.63, 3.8) is 0 Å². The summed E-state index contributed by atoms with van der Waals surface area (Å²) in [4.78, 5) is 52.0. The number of carboxylic acids is 1. The first-order chi connectivity index (χ1) is 20.7. The minimum absolute atomic E-state index is 0.0342. The van der Waals surface area contributed by atoms with E-state index in [9.17, 15) is 24.3 Å². The van der Waals surface area contributed by atoms with E-state index < -0.39 is 17.9 Å². The molecule has 1 unspecified atom stereocenters. The van der Waals surface area contributed by atoms with Crippen LogP contribution in [0.2, 0.25) is 0 Å². The van der Waals surface area contributed by atoms with E-state index in [0.717, 1.165) is 29.5 Å². The molecular formula is C29H33N7O7. The fraction of sp³-hybridized carbons (Fsp3) is 0.379. The first-order valence-corrected chi connectivity index (χ1v) is 13.9. The van der Waals surface area contributed by atoms with Crippen LogP contribution in [-0.4, -0.2) is 73.2 Å². The van der Waals surface area contributed by atoms with Crippen LogP contribution < -0.4 is 16.7 Å². The quantitative estimate of drug-likeness (QED) is 0.152. The molecular weight excluding hydrogens is 558 g/mol. The summed E-state index contributed by atoms with van der Waals surface area (Å²) in [7, 11) is 1.68. The third-order valence-corrected chi connectivity index (χ3v) is 7.38. The van der Waals surface area contributed by atoms with Gasteiger partial charge in [0.1, 0.15) is 17.4 Å². The van der Waals surface area contributed by atoms with E-state index in [2.05, 4.69) is 15.4 Å².